The van der Waals surface area contributed by atoms with Crippen molar-refractivity contribution in [1.82, 2.24) is 4.90 Å². The van der Waals surface area contributed by atoms with Crippen LogP contribution in [0.2, 0.25) is 0 Å². The summed E-state index contributed by atoms with van der Waals surface area (Å²) in [7, 11) is -3.89. The number of likely N-dealkylation sites (tertiary alicyclic amines) is 1. The Morgan fingerprint density at radius 1 is 1.17 bits per heavy atom. The van der Waals surface area contributed by atoms with Crippen molar-refractivity contribution in [2.75, 3.05) is 19.3 Å². The summed E-state index contributed by atoms with van der Waals surface area (Å²) < 4.78 is 64.2. The van der Waals surface area contributed by atoms with E-state index in [0.29, 0.717) is 13.1 Å². The van der Waals surface area contributed by atoms with E-state index in [1.807, 2.05) is 0 Å². The largest absolute Gasteiger partial charge is 0.573 e. The number of sulfone groups is 1. The van der Waals surface area contributed by atoms with Gasteiger partial charge in [0.15, 0.2) is 9.84 Å². The van der Waals surface area contributed by atoms with Crippen molar-refractivity contribution in [3.8, 4) is 5.75 Å². The van der Waals surface area contributed by atoms with E-state index in [4.69, 9.17) is 0 Å². The molecule has 1 aliphatic rings. The van der Waals surface area contributed by atoms with Crippen molar-refractivity contribution in [1.29, 1.82) is 0 Å². The Bertz CT molecular complexity index is 694. The van der Waals surface area contributed by atoms with E-state index in [0.717, 1.165) is 43.7 Å². The summed E-state index contributed by atoms with van der Waals surface area (Å²) in [5, 5.41) is 0. The smallest absolute Gasteiger partial charge is 0.406 e. The van der Waals surface area contributed by atoms with Crippen LogP contribution in [-0.2, 0) is 9.84 Å². The molecule has 0 saturated carbocycles. The van der Waals surface area contributed by atoms with Gasteiger partial charge in [0.05, 0.1) is 10.5 Å². The highest BCUT2D eigenvalue weighted by Gasteiger charge is 2.32. The molecule has 1 aromatic rings. The van der Waals surface area contributed by atoms with E-state index in [9.17, 15) is 26.4 Å². The van der Waals surface area contributed by atoms with E-state index < -0.39 is 32.8 Å². The van der Waals surface area contributed by atoms with Gasteiger partial charge in [0.2, 0.25) is 0 Å². The number of hydrogen-bond acceptors (Lipinski definition) is 4. The number of nitrogens with zero attached hydrogens (tertiary/aromatic N) is 1. The molecule has 0 bridgehead atoms. The van der Waals surface area contributed by atoms with Gasteiger partial charge in [-0.15, -0.1) is 13.2 Å². The first-order chi connectivity index (χ1) is 10.6. The van der Waals surface area contributed by atoms with Gasteiger partial charge in [-0.05, 0) is 37.5 Å². The Labute approximate surface area is 132 Å². The number of piperidine rings is 1. The van der Waals surface area contributed by atoms with Crippen LogP contribution in [0.4, 0.5) is 13.2 Å². The number of carbonyl (C=O) groups excluding carboxylic acids is 1. The van der Waals surface area contributed by atoms with Crippen molar-refractivity contribution in [2.24, 2.45) is 0 Å². The zero-order valence-corrected chi connectivity index (χ0v) is 13.2. The summed E-state index contributed by atoms with van der Waals surface area (Å²) in [5.41, 5.74) is -0.135. The normalized spacial score (nSPS) is 16.3. The third-order valence-electron chi connectivity index (χ3n) is 3.46. The minimum Gasteiger partial charge on any atom is -0.406 e. The Kier molecular flexibility index (Phi) is 4.88. The third kappa shape index (κ3) is 4.60. The summed E-state index contributed by atoms with van der Waals surface area (Å²) >= 11 is 0. The molecular formula is C14H16F3NO4S. The molecule has 9 heteroatoms. The van der Waals surface area contributed by atoms with Crippen LogP contribution in [-0.4, -0.2) is 44.9 Å². The van der Waals surface area contributed by atoms with Gasteiger partial charge in [-0.2, -0.15) is 0 Å². The fraction of sp³-hybridized carbons (Fsp3) is 0.500. The fourth-order valence-electron chi connectivity index (χ4n) is 2.45. The lowest BCUT2D eigenvalue weighted by Crippen LogP contribution is -2.36. The molecule has 0 aliphatic carbocycles. The molecule has 1 saturated heterocycles. The number of carbonyl (C=O) groups is 1. The lowest BCUT2D eigenvalue weighted by atomic mass is 10.1. The van der Waals surface area contributed by atoms with Gasteiger partial charge >= 0.3 is 6.36 Å². The first kappa shape index (κ1) is 17.6. The standard InChI is InChI=1S/C14H16F3NO4S/c1-23(20,21)12-9-10(22-14(15,16)17)5-6-11(12)13(19)18-7-3-2-4-8-18/h5-6,9H,2-4,7-8H2,1H3. The molecule has 0 aromatic heterocycles. The Morgan fingerprint density at radius 2 is 1.78 bits per heavy atom. The first-order valence-electron chi connectivity index (χ1n) is 6.97. The quantitative estimate of drug-likeness (QED) is 0.840. The average Bonchev–Trinajstić information content (AvgIpc) is 2.45. The number of rotatable bonds is 3. The summed E-state index contributed by atoms with van der Waals surface area (Å²) in [4.78, 5) is 13.5. The molecule has 0 unspecified atom stereocenters. The maximum Gasteiger partial charge on any atom is 0.573 e. The molecule has 0 atom stereocenters. The fourth-order valence-corrected chi connectivity index (χ4v) is 3.34. The molecule has 5 nitrogen and oxygen atoms in total. The van der Waals surface area contributed by atoms with Gasteiger partial charge < -0.3 is 9.64 Å². The van der Waals surface area contributed by atoms with Crippen LogP contribution in [0.5, 0.6) is 5.75 Å². The summed E-state index contributed by atoms with van der Waals surface area (Å²) in [6, 6.07) is 2.74. The molecular weight excluding hydrogens is 335 g/mol. The SMILES string of the molecule is CS(=O)(=O)c1cc(OC(F)(F)F)ccc1C(=O)N1CCCCC1. The van der Waals surface area contributed by atoms with Crippen LogP contribution in [0, 0.1) is 0 Å². The van der Waals surface area contributed by atoms with Crippen LogP contribution in [0.3, 0.4) is 0 Å². The van der Waals surface area contributed by atoms with Gasteiger partial charge in [0.1, 0.15) is 5.75 Å². The molecule has 1 aliphatic heterocycles. The number of alkyl halides is 3. The van der Waals surface area contributed by atoms with Crippen molar-refractivity contribution in [3.05, 3.63) is 23.8 Å². The maximum absolute atomic E-state index is 12.5. The van der Waals surface area contributed by atoms with E-state index in [2.05, 4.69) is 4.74 Å². The number of hydrogen-bond donors (Lipinski definition) is 0. The van der Waals surface area contributed by atoms with Crippen LogP contribution in [0.25, 0.3) is 0 Å². The van der Waals surface area contributed by atoms with Crippen molar-refractivity contribution < 1.29 is 31.1 Å². The Balaban J connectivity index is 2.40. The lowest BCUT2D eigenvalue weighted by Gasteiger charge is -2.27. The lowest BCUT2D eigenvalue weighted by molar-refractivity contribution is -0.274. The first-order valence-corrected chi connectivity index (χ1v) is 8.86. The summed E-state index contributed by atoms with van der Waals surface area (Å²) in [6.07, 6.45) is -1.48. The zero-order chi connectivity index (χ0) is 17.3. The predicted octanol–water partition coefficient (Wildman–Crippen LogP) is 2.61. The molecule has 1 heterocycles. The van der Waals surface area contributed by atoms with E-state index in [-0.39, 0.29) is 5.56 Å². The Hall–Kier alpha value is -1.77. The molecule has 1 amide bonds. The third-order valence-corrected chi connectivity index (χ3v) is 4.60. The topological polar surface area (TPSA) is 63.7 Å². The molecule has 0 radical (unpaired) electrons. The molecule has 0 spiro atoms. The molecule has 128 valence electrons. The zero-order valence-electron chi connectivity index (χ0n) is 12.4. The number of benzene rings is 1. The highest BCUT2D eigenvalue weighted by atomic mass is 32.2. The number of amides is 1. The maximum atomic E-state index is 12.5. The second kappa shape index (κ2) is 6.38. The van der Waals surface area contributed by atoms with Gasteiger partial charge in [-0.1, -0.05) is 0 Å². The van der Waals surface area contributed by atoms with Crippen LogP contribution in [0.15, 0.2) is 23.1 Å². The van der Waals surface area contributed by atoms with Crippen LogP contribution < -0.4 is 4.74 Å². The molecule has 1 aromatic carbocycles. The molecule has 2 rings (SSSR count). The second-order valence-electron chi connectivity index (χ2n) is 5.33. The van der Waals surface area contributed by atoms with E-state index in [1.165, 1.54) is 4.90 Å². The van der Waals surface area contributed by atoms with Crippen molar-refractivity contribution in [2.45, 2.75) is 30.5 Å². The van der Waals surface area contributed by atoms with Crippen LogP contribution >= 0.6 is 0 Å². The molecule has 0 N–H and O–H groups in total. The van der Waals surface area contributed by atoms with Gasteiger partial charge in [0, 0.05) is 19.3 Å². The highest BCUT2D eigenvalue weighted by molar-refractivity contribution is 7.90. The predicted molar refractivity (Wildman–Crippen MR) is 76.0 cm³/mol. The minimum absolute atomic E-state index is 0.135. The average molecular weight is 351 g/mol. The molecule has 1 fully saturated rings. The molecule has 23 heavy (non-hydrogen) atoms. The van der Waals surface area contributed by atoms with Gasteiger partial charge in [0.25, 0.3) is 5.91 Å². The minimum atomic E-state index is -4.94. The monoisotopic (exact) mass is 351 g/mol. The highest BCUT2D eigenvalue weighted by Crippen LogP contribution is 2.28. The van der Waals surface area contributed by atoms with Crippen molar-refractivity contribution >= 4 is 15.7 Å². The summed E-state index contributed by atoms with van der Waals surface area (Å²) in [6.45, 7) is 1.01. The second-order valence-corrected chi connectivity index (χ2v) is 7.31. The number of halogens is 3. The van der Waals surface area contributed by atoms with Crippen molar-refractivity contribution in [3.63, 3.8) is 0 Å². The van der Waals surface area contributed by atoms with Gasteiger partial charge in [-0.3, -0.25) is 4.79 Å². The summed E-state index contributed by atoms with van der Waals surface area (Å²) in [5.74, 6) is -1.17. The van der Waals surface area contributed by atoms with Gasteiger partial charge in [-0.25, -0.2) is 8.42 Å². The Morgan fingerprint density at radius 3 is 2.30 bits per heavy atom. The van der Waals surface area contributed by atoms with E-state index >= 15 is 0 Å². The van der Waals surface area contributed by atoms with Crippen LogP contribution in [0.1, 0.15) is 29.6 Å². The van der Waals surface area contributed by atoms with E-state index in [1.54, 1.807) is 0 Å². The number of ether oxygens (including phenoxy) is 1.